The molecule has 0 saturated heterocycles. The van der Waals surface area contributed by atoms with Crippen LogP contribution in [0.3, 0.4) is 0 Å². The largest absolute Gasteiger partial charge is 0.480 e. The summed E-state index contributed by atoms with van der Waals surface area (Å²) in [6, 6.07) is 1.46. The van der Waals surface area contributed by atoms with Crippen molar-refractivity contribution >= 4 is 17.6 Å². The van der Waals surface area contributed by atoms with Gasteiger partial charge in [0.05, 0.1) is 11.9 Å². The number of carboxylic acids is 1. The third-order valence-electron chi connectivity index (χ3n) is 2.27. The summed E-state index contributed by atoms with van der Waals surface area (Å²) >= 11 is 0. The number of methoxy groups -OCH3 is 1. The van der Waals surface area contributed by atoms with Gasteiger partial charge in [0.2, 0.25) is 0 Å². The fraction of sp³-hybridized carbons (Fsp3) is 0.273. The van der Waals surface area contributed by atoms with Crippen molar-refractivity contribution in [3.8, 4) is 0 Å². The highest BCUT2D eigenvalue weighted by molar-refractivity contribution is 6.02. The summed E-state index contributed by atoms with van der Waals surface area (Å²) in [5.74, 6) is -1.07. The average molecular weight is 280 g/mol. The lowest BCUT2D eigenvalue weighted by Crippen LogP contribution is -2.12. The molecule has 106 valence electrons. The average Bonchev–Trinajstić information content (AvgIpc) is 2.99. The number of anilines is 1. The highest BCUT2D eigenvalue weighted by Crippen LogP contribution is 2.09. The molecule has 0 unspecified atom stereocenters. The molecule has 0 atom stereocenters. The molecule has 0 aliphatic heterocycles. The van der Waals surface area contributed by atoms with E-state index in [9.17, 15) is 9.59 Å². The second-order valence-electron chi connectivity index (χ2n) is 3.89. The number of carbonyl (C=O) groups is 2. The number of nitrogens with one attached hydrogen (secondary N) is 1. The number of carbonyl (C=O) groups excluding carboxylic acids is 1. The van der Waals surface area contributed by atoms with Crippen LogP contribution in [0.25, 0.3) is 0 Å². The summed E-state index contributed by atoms with van der Waals surface area (Å²) in [6.07, 6.45) is 2.75. The molecule has 0 saturated carbocycles. The molecule has 0 aliphatic rings. The lowest BCUT2D eigenvalue weighted by atomic mass is 10.3. The Bertz CT molecular complexity index is 618. The highest BCUT2D eigenvalue weighted by atomic mass is 16.5. The van der Waals surface area contributed by atoms with Crippen LogP contribution in [0, 0.1) is 0 Å². The van der Waals surface area contributed by atoms with E-state index in [-0.39, 0.29) is 18.8 Å². The van der Waals surface area contributed by atoms with Crippen LogP contribution in [0.1, 0.15) is 16.2 Å². The Balaban J connectivity index is 1.99. The fourth-order valence-corrected chi connectivity index (χ4v) is 1.48. The second-order valence-corrected chi connectivity index (χ2v) is 3.89. The molecule has 0 spiro atoms. The number of rotatable bonds is 6. The Hall–Kier alpha value is -2.68. The zero-order chi connectivity index (χ0) is 14.5. The molecule has 2 aromatic rings. The van der Waals surface area contributed by atoms with Gasteiger partial charge < -0.3 is 19.7 Å². The van der Waals surface area contributed by atoms with Crippen LogP contribution in [-0.4, -0.2) is 39.0 Å². The summed E-state index contributed by atoms with van der Waals surface area (Å²) in [5.41, 5.74) is 0.468. The van der Waals surface area contributed by atoms with E-state index in [1.165, 1.54) is 30.3 Å². The van der Waals surface area contributed by atoms with Crippen molar-refractivity contribution in [2.75, 3.05) is 12.4 Å². The van der Waals surface area contributed by atoms with Gasteiger partial charge in [0.25, 0.3) is 5.91 Å². The van der Waals surface area contributed by atoms with E-state index in [0.717, 1.165) is 0 Å². The Morgan fingerprint density at radius 2 is 2.35 bits per heavy atom. The van der Waals surface area contributed by atoms with Crippen LogP contribution >= 0.6 is 0 Å². The first-order valence-corrected chi connectivity index (χ1v) is 5.58. The van der Waals surface area contributed by atoms with Gasteiger partial charge in [-0.3, -0.25) is 14.3 Å². The summed E-state index contributed by atoms with van der Waals surface area (Å²) in [5, 5.41) is 18.5. The maximum Gasteiger partial charge on any atom is 0.325 e. The van der Waals surface area contributed by atoms with E-state index in [0.29, 0.717) is 11.4 Å². The van der Waals surface area contributed by atoms with E-state index in [1.807, 2.05) is 0 Å². The lowest BCUT2D eigenvalue weighted by molar-refractivity contribution is -0.137. The zero-order valence-corrected chi connectivity index (χ0v) is 10.6. The van der Waals surface area contributed by atoms with Gasteiger partial charge in [-0.25, -0.2) is 0 Å². The van der Waals surface area contributed by atoms with Crippen molar-refractivity contribution < 1.29 is 24.0 Å². The normalized spacial score (nSPS) is 10.4. The number of nitrogens with zero attached hydrogens (tertiary/aromatic N) is 3. The van der Waals surface area contributed by atoms with Gasteiger partial charge in [0.1, 0.15) is 13.2 Å². The minimum absolute atomic E-state index is 0.100. The Morgan fingerprint density at radius 1 is 1.55 bits per heavy atom. The van der Waals surface area contributed by atoms with E-state index in [4.69, 9.17) is 14.4 Å². The van der Waals surface area contributed by atoms with Crippen molar-refractivity contribution in [1.29, 1.82) is 0 Å². The number of aromatic nitrogens is 3. The van der Waals surface area contributed by atoms with Crippen molar-refractivity contribution in [1.82, 2.24) is 14.9 Å². The summed E-state index contributed by atoms with van der Waals surface area (Å²) in [6.45, 7) is -0.0609. The van der Waals surface area contributed by atoms with Gasteiger partial charge in [0, 0.05) is 19.4 Å². The van der Waals surface area contributed by atoms with Crippen LogP contribution in [0.4, 0.5) is 5.69 Å². The van der Waals surface area contributed by atoms with Gasteiger partial charge >= 0.3 is 5.97 Å². The summed E-state index contributed by atoms with van der Waals surface area (Å²) in [4.78, 5) is 22.3. The van der Waals surface area contributed by atoms with Gasteiger partial charge in [-0.05, 0) is 0 Å². The van der Waals surface area contributed by atoms with Crippen LogP contribution in [0.5, 0.6) is 0 Å². The van der Waals surface area contributed by atoms with Gasteiger partial charge in [-0.1, -0.05) is 5.16 Å². The number of hydrogen-bond donors (Lipinski definition) is 2. The first-order chi connectivity index (χ1) is 9.58. The van der Waals surface area contributed by atoms with Crippen LogP contribution in [-0.2, 0) is 22.7 Å². The number of ether oxygens (including phenoxy) is 1. The predicted molar refractivity (Wildman–Crippen MR) is 65.0 cm³/mol. The number of amides is 1. The number of aliphatic carboxylic acids is 1. The van der Waals surface area contributed by atoms with Gasteiger partial charge in [-0.15, -0.1) is 0 Å². The van der Waals surface area contributed by atoms with E-state index >= 15 is 0 Å². The minimum Gasteiger partial charge on any atom is -0.480 e. The molecule has 9 heteroatoms. The maximum absolute atomic E-state index is 11.8. The Labute approximate surface area is 113 Å². The lowest BCUT2D eigenvalue weighted by Gasteiger charge is -1.97. The standard InChI is InChI=1S/C11H12N4O5/c1-19-6-8-2-9(14-20-8)11(18)13-7-3-12-15(4-7)5-10(16)17/h2-4H,5-6H2,1H3,(H,13,18)(H,16,17). The van der Waals surface area contributed by atoms with Crippen molar-refractivity contribution in [2.24, 2.45) is 0 Å². The smallest absolute Gasteiger partial charge is 0.325 e. The van der Waals surface area contributed by atoms with Crippen molar-refractivity contribution in [2.45, 2.75) is 13.2 Å². The fourth-order valence-electron chi connectivity index (χ4n) is 1.48. The first kappa shape index (κ1) is 13.7. The Kier molecular flexibility index (Phi) is 4.11. The molecule has 1 amide bonds. The molecule has 9 nitrogen and oxygen atoms in total. The number of hydrogen-bond acceptors (Lipinski definition) is 6. The maximum atomic E-state index is 11.8. The van der Waals surface area contributed by atoms with Crippen LogP contribution in [0.15, 0.2) is 23.0 Å². The molecule has 2 N–H and O–H groups in total. The molecule has 2 heterocycles. The van der Waals surface area contributed by atoms with E-state index < -0.39 is 11.9 Å². The minimum atomic E-state index is -1.02. The predicted octanol–water partition coefficient (Wildman–Crippen LogP) is 0.354. The van der Waals surface area contributed by atoms with Crippen molar-refractivity contribution in [3.05, 3.63) is 29.9 Å². The third kappa shape index (κ3) is 3.42. The molecular formula is C11H12N4O5. The molecule has 0 bridgehead atoms. The molecule has 0 aliphatic carbocycles. The molecule has 2 rings (SSSR count). The molecular weight excluding hydrogens is 268 g/mol. The zero-order valence-electron chi connectivity index (χ0n) is 10.6. The molecule has 2 aromatic heterocycles. The Morgan fingerprint density at radius 3 is 3.05 bits per heavy atom. The first-order valence-electron chi connectivity index (χ1n) is 5.58. The molecule has 0 radical (unpaired) electrons. The molecule has 20 heavy (non-hydrogen) atoms. The molecule has 0 fully saturated rings. The van der Waals surface area contributed by atoms with E-state index in [1.54, 1.807) is 0 Å². The second kappa shape index (κ2) is 5.97. The third-order valence-corrected chi connectivity index (χ3v) is 2.27. The highest BCUT2D eigenvalue weighted by Gasteiger charge is 2.13. The summed E-state index contributed by atoms with van der Waals surface area (Å²) in [7, 11) is 1.50. The topological polar surface area (TPSA) is 119 Å². The van der Waals surface area contributed by atoms with Crippen molar-refractivity contribution in [3.63, 3.8) is 0 Å². The van der Waals surface area contributed by atoms with Gasteiger partial charge in [0.15, 0.2) is 11.5 Å². The van der Waals surface area contributed by atoms with E-state index in [2.05, 4.69) is 15.6 Å². The quantitative estimate of drug-likeness (QED) is 0.783. The molecule has 0 aromatic carbocycles. The van der Waals surface area contributed by atoms with Crippen LogP contribution < -0.4 is 5.32 Å². The SMILES string of the molecule is COCc1cc(C(=O)Nc2cnn(CC(=O)O)c2)no1. The summed E-state index contributed by atoms with van der Waals surface area (Å²) < 4.78 is 10.9. The van der Waals surface area contributed by atoms with Gasteiger partial charge in [-0.2, -0.15) is 5.10 Å². The van der Waals surface area contributed by atoms with Crippen LogP contribution in [0.2, 0.25) is 0 Å². The monoisotopic (exact) mass is 280 g/mol. The number of carboxylic acid groups (broad SMARTS) is 1.